The van der Waals surface area contributed by atoms with Crippen molar-refractivity contribution in [2.24, 2.45) is 5.92 Å². The van der Waals surface area contributed by atoms with Crippen molar-refractivity contribution in [3.05, 3.63) is 63.8 Å². The Kier molecular flexibility index (Phi) is 6.18. The molecule has 4 rings (SSSR count). The maximum absolute atomic E-state index is 13.2. The van der Waals surface area contributed by atoms with E-state index in [4.69, 9.17) is 0 Å². The number of halogens is 1. The smallest absolute Gasteiger partial charge is 0.263 e. The fraction of sp³-hybridized carbons (Fsp3) is 0.478. The molecule has 6 nitrogen and oxygen atoms in total. The van der Waals surface area contributed by atoms with Crippen LogP contribution >= 0.6 is 0 Å². The third-order valence-corrected chi connectivity index (χ3v) is 6.20. The first kappa shape index (κ1) is 20.6. The lowest BCUT2D eigenvalue weighted by Gasteiger charge is -2.36. The lowest BCUT2D eigenvalue weighted by molar-refractivity contribution is 0.0743. The lowest BCUT2D eigenvalue weighted by Crippen LogP contribution is -2.50. The van der Waals surface area contributed by atoms with Gasteiger partial charge in [0, 0.05) is 44.6 Å². The topological polar surface area (TPSA) is 57.6 Å². The van der Waals surface area contributed by atoms with Crippen LogP contribution < -0.4 is 15.8 Å². The van der Waals surface area contributed by atoms with Crippen molar-refractivity contribution >= 4 is 11.6 Å². The van der Waals surface area contributed by atoms with Crippen LogP contribution in [0.2, 0.25) is 0 Å². The van der Waals surface area contributed by atoms with Crippen LogP contribution in [-0.2, 0) is 6.54 Å². The summed E-state index contributed by atoms with van der Waals surface area (Å²) in [6.45, 7) is 6.81. The van der Waals surface area contributed by atoms with E-state index in [0.717, 1.165) is 37.2 Å². The second kappa shape index (κ2) is 9.00. The number of rotatable bonds is 4. The van der Waals surface area contributed by atoms with Gasteiger partial charge in [0.1, 0.15) is 11.4 Å². The molecule has 2 aliphatic rings. The molecule has 3 heterocycles. The summed E-state index contributed by atoms with van der Waals surface area (Å²) >= 11 is 0. The molecule has 2 aromatic rings. The predicted molar refractivity (Wildman–Crippen MR) is 116 cm³/mol. The molecular formula is C23H29FN4O2. The first-order valence-corrected chi connectivity index (χ1v) is 10.7. The van der Waals surface area contributed by atoms with Gasteiger partial charge in [-0.05, 0) is 74.7 Å². The summed E-state index contributed by atoms with van der Waals surface area (Å²) < 4.78 is 14.9. The standard InChI is InChI=1S/C23H29FN4O2/c1-17-8-10-28(16-18-3-2-9-25-15-18)23(30)21(17)22(29)27-13-11-26(12-14-27)20-6-4-19(24)5-7-20/h4-8,10,18,25H,2-3,9,11-16H2,1H3. The first-order chi connectivity index (χ1) is 14.5. The molecule has 2 fully saturated rings. The predicted octanol–water partition coefficient (Wildman–Crippen LogP) is 2.26. The Morgan fingerprint density at radius 2 is 1.87 bits per heavy atom. The number of benzene rings is 1. The van der Waals surface area contributed by atoms with Crippen LogP contribution in [0.5, 0.6) is 0 Å². The molecule has 0 radical (unpaired) electrons. The molecule has 2 saturated heterocycles. The molecule has 30 heavy (non-hydrogen) atoms. The van der Waals surface area contributed by atoms with Gasteiger partial charge in [-0.25, -0.2) is 4.39 Å². The largest absolute Gasteiger partial charge is 0.368 e. The average molecular weight is 413 g/mol. The highest BCUT2D eigenvalue weighted by atomic mass is 19.1. The molecule has 7 heteroatoms. The number of nitrogens with one attached hydrogen (secondary N) is 1. The van der Waals surface area contributed by atoms with Gasteiger partial charge in [0.2, 0.25) is 0 Å². The van der Waals surface area contributed by atoms with Gasteiger partial charge in [-0.2, -0.15) is 0 Å². The number of carbonyl (C=O) groups is 1. The molecule has 1 aromatic heterocycles. The third kappa shape index (κ3) is 4.41. The lowest BCUT2D eigenvalue weighted by atomic mass is 9.99. The van der Waals surface area contributed by atoms with Crippen molar-refractivity contribution in [3.63, 3.8) is 0 Å². The number of hydrogen-bond acceptors (Lipinski definition) is 4. The van der Waals surface area contributed by atoms with E-state index in [1.807, 2.05) is 19.2 Å². The average Bonchev–Trinajstić information content (AvgIpc) is 2.77. The highest BCUT2D eigenvalue weighted by molar-refractivity contribution is 5.95. The Labute approximate surface area is 176 Å². The highest BCUT2D eigenvalue weighted by Crippen LogP contribution is 2.18. The van der Waals surface area contributed by atoms with Crippen molar-refractivity contribution in [2.75, 3.05) is 44.2 Å². The SMILES string of the molecule is Cc1ccn(CC2CCCNC2)c(=O)c1C(=O)N1CCN(c2ccc(F)cc2)CC1. The molecule has 2 aliphatic heterocycles. The Morgan fingerprint density at radius 1 is 1.13 bits per heavy atom. The summed E-state index contributed by atoms with van der Waals surface area (Å²) in [6, 6.07) is 8.29. The number of aryl methyl sites for hydroxylation is 1. The van der Waals surface area contributed by atoms with Gasteiger partial charge in [0.15, 0.2) is 0 Å². The number of nitrogens with zero attached hydrogens (tertiary/aromatic N) is 3. The number of hydrogen-bond donors (Lipinski definition) is 1. The highest BCUT2D eigenvalue weighted by Gasteiger charge is 2.26. The monoisotopic (exact) mass is 412 g/mol. The van der Waals surface area contributed by atoms with Crippen LogP contribution in [0.15, 0.2) is 41.3 Å². The number of aromatic nitrogens is 1. The van der Waals surface area contributed by atoms with Gasteiger partial charge in [0.05, 0.1) is 0 Å². The maximum atomic E-state index is 13.2. The summed E-state index contributed by atoms with van der Waals surface area (Å²) in [5, 5.41) is 3.38. The van der Waals surface area contributed by atoms with E-state index in [1.54, 1.807) is 21.6 Å². The molecule has 0 bridgehead atoms. The van der Waals surface area contributed by atoms with Crippen LogP contribution in [0.1, 0.15) is 28.8 Å². The van der Waals surface area contributed by atoms with Crippen molar-refractivity contribution in [3.8, 4) is 0 Å². The minimum atomic E-state index is -0.257. The van der Waals surface area contributed by atoms with Gasteiger partial charge in [0.25, 0.3) is 11.5 Å². The first-order valence-electron chi connectivity index (χ1n) is 10.7. The second-order valence-electron chi connectivity index (χ2n) is 8.30. The second-order valence-corrected chi connectivity index (χ2v) is 8.30. The molecule has 1 N–H and O–H groups in total. The van der Waals surface area contributed by atoms with E-state index < -0.39 is 0 Å². The van der Waals surface area contributed by atoms with Crippen LogP contribution in [0, 0.1) is 18.7 Å². The molecular weight excluding hydrogens is 383 g/mol. The van der Waals surface area contributed by atoms with Gasteiger partial charge in [-0.3, -0.25) is 9.59 Å². The molecule has 1 atom stereocenters. The van der Waals surface area contributed by atoms with E-state index in [2.05, 4.69) is 10.2 Å². The Hall–Kier alpha value is -2.67. The fourth-order valence-corrected chi connectivity index (χ4v) is 4.40. The summed E-state index contributed by atoms with van der Waals surface area (Å²) in [4.78, 5) is 30.2. The summed E-state index contributed by atoms with van der Waals surface area (Å²) in [5.74, 6) is -0.0267. The van der Waals surface area contributed by atoms with E-state index in [9.17, 15) is 14.0 Å². The number of anilines is 1. The number of piperazine rings is 1. The molecule has 1 amide bonds. The molecule has 0 spiro atoms. The van der Waals surface area contributed by atoms with E-state index >= 15 is 0 Å². The van der Waals surface area contributed by atoms with E-state index in [0.29, 0.717) is 38.6 Å². The quantitative estimate of drug-likeness (QED) is 0.837. The van der Waals surface area contributed by atoms with Crippen LogP contribution in [0.25, 0.3) is 0 Å². The molecule has 0 aliphatic carbocycles. The van der Waals surface area contributed by atoms with Gasteiger partial charge < -0.3 is 19.7 Å². The third-order valence-electron chi connectivity index (χ3n) is 6.20. The maximum Gasteiger partial charge on any atom is 0.263 e. The summed E-state index contributed by atoms with van der Waals surface area (Å²) in [6.07, 6.45) is 4.03. The number of amides is 1. The molecule has 0 saturated carbocycles. The van der Waals surface area contributed by atoms with Crippen LogP contribution in [0.4, 0.5) is 10.1 Å². The zero-order valence-electron chi connectivity index (χ0n) is 17.4. The number of carbonyl (C=O) groups excluding carboxylic acids is 1. The zero-order chi connectivity index (χ0) is 21.1. The Bertz CT molecular complexity index is 943. The summed E-state index contributed by atoms with van der Waals surface area (Å²) in [5.41, 5.74) is 1.77. The van der Waals surface area contributed by atoms with Gasteiger partial charge in [-0.1, -0.05) is 0 Å². The van der Waals surface area contributed by atoms with Crippen LogP contribution in [0.3, 0.4) is 0 Å². The Morgan fingerprint density at radius 3 is 2.53 bits per heavy atom. The number of pyridine rings is 1. The minimum absolute atomic E-state index is 0.188. The van der Waals surface area contributed by atoms with Crippen molar-refractivity contribution in [1.82, 2.24) is 14.8 Å². The van der Waals surface area contributed by atoms with Crippen molar-refractivity contribution in [2.45, 2.75) is 26.3 Å². The molecule has 1 unspecified atom stereocenters. The van der Waals surface area contributed by atoms with Crippen LogP contribution in [-0.4, -0.2) is 54.6 Å². The Balaban J connectivity index is 1.46. The van der Waals surface area contributed by atoms with Crippen molar-refractivity contribution < 1.29 is 9.18 Å². The van der Waals surface area contributed by atoms with Gasteiger partial charge >= 0.3 is 0 Å². The fourth-order valence-electron chi connectivity index (χ4n) is 4.40. The zero-order valence-corrected chi connectivity index (χ0v) is 17.4. The molecule has 160 valence electrons. The molecule has 1 aromatic carbocycles. The van der Waals surface area contributed by atoms with Crippen molar-refractivity contribution in [1.29, 1.82) is 0 Å². The van der Waals surface area contributed by atoms with Gasteiger partial charge in [-0.15, -0.1) is 0 Å². The summed E-state index contributed by atoms with van der Waals surface area (Å²) in [7, 11) is 0. The number of piperidine rings is 1. The van der Waals surface area contributed by atoms with E-state index in [1.165, 1.54) is 12.1 Å². The normalized spacial score (nSPS) is 19.7. The minimum Gasteiger partial charge on any atom is -0.368 e. The van der Waals surface area contributed by atoms with E-state index in [-0.39, 0.29) is 22.8 Å².